The summed E-state index contributed by atoms with van der Waals surface area (Å²) in [6, 6.07) is 3.48. The zero-order chi connectivity index (χ0) is 14.5. The third-order valence-electron chi connectivity index (χ3n) is 2.49. The third-order valence-corrected chi connectivity index (χ3v) is 2.69. The van der Waals surface area contributed by atoms with Crippen LogP contribution in [0.1, 0.15) is 30.9 Å². The molecule has 0 radical (unpaired) electrons. The predicted molar refractivity (Wildman–Crippen MR) is 72.3 cm³/mol. The number of rotatable bonds is 6. The molecule has 0 unspecified atom stereocenters. The van der Waals surface area contributed by atoms with Crippen LogP contribution in [0.25, 0.3) is 0 Å². The first-order chi connectivity index (χ1) is 8.84. The number of halogens is 3. The Kier molecular flexibility index (Phi) is 5.60. The van der Waals surface area contributed by atoms with Gasteiger partial charge in [0.25, 0.3) is 0 Å². The Labute approximate surface area is 115 Å². The molecule has 1 rings (SSSR count). The molecule has 0 spiro atoms. The Balaban J connectivity index is 2.99. The van der Waals surface area contributed by atoms with Gasteiger partial charge in [-0.15, -0.1) is 0 Å². The van der Waals surface area contributed by atoms with E-state index in [1.165, 1.54) is 6.07 Å². The number of ether oxygens (including phenoxy) is 1. The molecule has 106 valence electrons. The molecule has 0 aliphatic carbocycles. The van der Waals surface area contributed by atoms with Crippen LogP contribution in [0.5, 0.6) is 5.75 Å². The first-order valence-corrected chi connectivity index (χ1v) is 6.36. The van der Waals surface area contributed by atoms with Gasteiger partial charge in [0.1, 0.15) is 5.75 Å². The summed E-state index contributed by atoms with van der Waals surface area (Å²) in [5, 5.41) is 0. The number of aryl methyl sites for hydroxylation is 1. The van der Waals surface area contributed by atoms with Gasteiger partial charge in [-0.2, -0.15) is 13.2 Å². The van der Waals surface area contributed by atoms with Crippen molar-refractivity contribution in [3.8, 4) is 5.75 Å². The van der Waals surface area contributed by atoms with Crippen molar-refractivity contribution in [2.75, 3.05) is 6.61 Å². The van der Waals surface area contributed by atoms with Crippen molar-refractivity contribution in [3.05, 3.63) is 29.3 Å². The van der Waals surface area contributed by atoms with Crippen molar-refractivity contribution < 1.29 is 17.9 Å². The highest BCUT2D eigenvalue weighted by atomic mass is 32.1. The van der Waals surface area contributed by atoms with Crippen LogP contribution in [-0.4, -0.2) is 11.6 Å². The number of nitrogens with two attached hydrogens (primary N) is 1. The molecule has 2 N–H and O–H groups in total. The van der Waals surface area contributed by atoms with Crippen molar-refractivity contribution in [2.45, 2.75) is 32.4 Å². The maximum atomic E-state index is 12.7. The first-order valence-electron chi connectivity index (χ1n) is 5.95. The van der Waals surface area contributed by atoms with Crippen LogP contribution in [0, 0.1) is 0 Å². The van der Waals surface area contributed by atoms with Crippen molar-refractivity contribution in [1.29, 1.82) is 0 Å². The molecule has 19 heavy (non-hydrogen) atoms. The second-order valence-corrected chi connectivity index (χ2v) is 4.66. The molecule has 1 aromatic carbocycles. The lowest BCUT2D eigenvalue weighted by Gasteiger charge is -2.14. The summed E-state index contributed by atoms with van der Waals surface area (Å²) in [6.07, 6.45) is -2.87. The van der Waals surface area contributed by atoms with Gasteiger partial charge < -0.3 is 10.5 Å². The SMILES string of the molecule is CCCOc1ccc(C(F)(F)F)cc1CCC(N)=S. The van der Waals surface area contributed by atoms with E-state index in [0.29, 0.717) is 30.8 Å². The number of hydrogen-bond acceptors (Lipinski definition) is 2. The first kappa shape index (κ1) is 15.8. The number of benzene rings is 1. The van der Waals surface area contributed by atoms with Crippen LogP contribution in [0.4, 0.5) is 13.2 Å². The molecule has 0 aliphatic rings. The highest BCUT2D eigenvalue weighted by molar-refractivity contribution is 7.80. The topological polar surface area (TPSA) is 35.2 Å². The molecule has 6 heteroatoms. The van der Waals surface area contributed by atoms with E-state index in [-0.39, 0.29) is 4.99 Å². The molecular formula is C13H16F3NOS. The van der Waals surface area contributed by atoms with Gasteiger partial charge >= 0.3 is 6.18 Å². The van der Waals surface area contributed by atoms with Gasteiger partial charge in [-0.3, -0.25) is 0 Å². The lowest BCUT2D eigenvalue weighted by Crippen LogP contribution is -2.11. The van der Waals surface area contributed by atoms with Crippen molar-refractivity contribution in [1.82, 2.24) is 0 Å². The van der Waals surface area contributed by atoms with Crippen LogP contribution in [0.15, 0.2) is 18.2 Å². The average molecular weight is 291 g/mol. The molecule has 0 bridgehead atoms. The van der Waals surface area contributed by atoms with Gasteiger partial charge in [0.2, 0.25) is 0 Å². The molecular weight excluding hydrogens is 275 g/mol. The van der Waals surface area contributed by atoms with Gasteiger partial charge in [0.15, 0.2) is 0 Å². The van der Waals surface area contributed by atoms with Crippen LogP contribution in [0.3, 0.4) is 0 Å². The predicted octanol–water partition coefficient (Wildman–Crippen LogP) is 3.71. The largest absolute Gasteiger partial charge is 0.493 e. The monoisotopic (exact) mass is 291 g/mol. The summed E-state index contributed by atoms with van der Waals surface area (Å²) in [7, 11) is 0. The van der Waals surface area contributed by atoms with Gasteiger partial charge in [0.05, 0.1) is 17.2 Å². The Bertz CT molecular complexity index is 446. The van der Waals surface area contributed by atoms with E-state index in [1.54, 1.807) is 0 Å². The highest BCUT2D eigenvalue weighted by Gasteiger charge is 2.31. The summed E-state index contributed by atoms with van der Waals surface area (Å²) >= 11 is 4.75. The van der Waals surface area contributed by atoms with E-state index in [9.17, 15) is 13.2 Å². The molecule has 0 aliphatic heterocycles. The molecule has 2 nitrogen and oxygen atoms in total. The minimum absolute atomic E-state index is 0.277. The van der Waals surface area contributed by atoms with E-state index in [4.69, 9.17) is 22.7 Å². The Morgan fingerprint density at radius 3 is 2.58 bits per heavy atom. The summed E-state index contributed by atoms with van der Waals surface area (Å²) < 4.78 is 43.4. The summed E-state index contributed by atoms with van der Waals surface area (Å²) in [5.41, 5.74) is 5.18. The average Bonchev–Trinajstić information content (AvgIpc) is 2.33. The highest BCUT2D eigenvalue weighted by Crippen LogP contribution is 2.33. The molecule has 1 aromatic rings. The summed E-state index contributed by atoms with van der Waals surface area (Å²) in [5.74, 6) is 0.464. The zero-order valence-electron chi connectivity index (χ0n) is 10.6. The molecule has 0 saturated heterocycles. The molecule has 0 fully saturated rings. The zero-order valence-corrected chi connectivity index (χ0v) is 11.4. The maximum absolute atomic E-state index is 12.7. The minimum atomic E-state index is -4.36. The Morgan fingerprint density at radius 1 is 1.37 bits per heavy atom. The maximum Gasteiger partial charge on any atom is 0.416 e. The Morgan fingerprint density at radius 2 is 2.05 bits per heavy atom. The summed E-state index contributed by atoms with van der Waals surface area (Å²) in [6.45, 7) is 2.39. The smallest absolute Gasteiger partial charge is 0.416 e. The number of alkyl halides is 3. The van der Waals surface area contributed by atoms with E-state index >= 15 is 0 Å². The van der Waals surface area contributed by atoms with Crippen LogP contribution >= 0.6 is 12.2 Å². The fraction of sp³-hybridized carbons (Fsp3) is 0.462. The van der Waals surface area contributed by atoms with Crippen LogP contribution in [0.2, 0.25) is 0 Å². The lowest BCUT2D eigenvalue weighted by molar-refractivity contribution is -0.137. The summed E-state index contributed by atoms with van der Waals surface area (Å²) in [4.78, 5) is 0.277. The van der Waals surface area contributed by atoms with Gasteiger partial charge in [-0.1, -0.05) is 19.1 Å². The van der Waals surface area contributed by atoms with Crippen molar-refractivity contribution >= 4 is 17.2 Å². The van der Waals surface area contributed by atoms with Gasteiger partial charge in [-0.25, -0.2) is 0 Å². The lowest BCUT2D eigenvalue weighted by atomic mass is 10.0. The molecule has 0 aromatic heterocycles. The van der Waals surface area contributed by atoms with E-state index in [2.05, 4.69) is 0 Å². The van der Waals surface area contributed by atoms with E-state index in [0.717, 1.165) is 18.6 Å². The van der Waals surface area contributed by atoms with Crippen molar-refractivity contribution in [3.63, 3.8) is 0 Å². The van der Waals surface area contributed by atoms with E-state index in [1.807, 2.05) is 6.92 Å². The molecule has 0 heterocycles. The van der Waals surface area contributed by atoms with Crippen molar-refractivity contribution in [2.24, 2.45) is 5.73 Å². The number of thiocarbonyl (C=S) groups is 1. The third kappa shape index (κ3) is 5.06. The van der Waals surface area contributed by atoms with Gasteiger partial charge in [-0.05, 0) is 36.6 Å². The second-order valence-electron chi connectivity index (χ2n) is 4.14. The fourth-order valence-electron chi connectivity index (χ4n) is 1.56. The fourth-order valence-corrected chi connectivity index (χ4v) is 1.66. The normalized spacial score (nSPS) is 11.4. The second kappa shape index (κ2) is 6.75. The molecule has 0 amide bonds. The number of hydrogen-bond donors (Lipinski definition) is 1. The molecule has 0 saturated carbocycles. The van der Waals surface area contributed by atoms with Crippen LogP contribution < -0.4 is 10.5 Å². The Hall–Kier alpha value is -1.30. The standard InChI is InChI=1S/C13H16F3NOS/c1-2-7-18-11-5-4-10(13(14,15)16)8-9(11)3-6-12(17)19/h4-5,8H,2-3,6-7H2,1H3,(H2,17,19). The van der Waals surface area contributed by atoms with Crippen LogP contribution in [-0.2, 0) is 12.6 Å². The van der Waals surface area contributed by atoms with E-state index < -0.39 is 11.7 Å². The molecule has 0 atom stereocenters. The minimum Gasteiger partial charge on any atom is -0.493 e. The van der Waals surface area contributed by atoms with Gasteiger partial charge in [0, 0.05) is 6.42 Å². The quantitative estimate of drug-likeness (QED) is 0.811.